The first-order valence-electron chi connectivity index (χ1n) is 11.0. The van der Waals surface area contributed by atoms with E-state index in [0.717, 1.165) is 23.5 Å². The standard InChI is InChI=1S/C25H27N3O3S/c1-3-22(25(30)28-14-13-17-9-5-8-12-21(17)28)32-23-15-18(16-24(29)31-4-2)26-19-10-6-7-11-20(19)27-23/h5-12,15,22,26H,3-4,13-14,16H2,1-2H3. The van der Waals surface area contributed by atoms with Crippen molar-refractivity contribution in [2.45, 2.75) is 38.4 Å². The Hall–Kier alpha value is -3.06. The Labute approximate surface area is 192 Å². The fourth-order valence-electron chi connectivity index (χ4n) is 3.90. The Morgan fingerprint density at radius 1 is 1.16 bits per heavy atom. The summed E-state index contributed by atoms with van der Waals surface area (Å²) in [5.41, 5.74) is 4.52. The summed E-state index contributed by atoms with van der Waals surface area (Å²) in [6.45, 7) is 4.85. The second-order valence-electron chi connectivity index (χ2n) is 7.63. The molecule has 0 aromatic heterocycles. The quantitative estimate of drug-likeness (QED) is 0.623. The number of rotatable bonds is 6. The molecule has 0 saturated carbocycles. The molecule has 6 nitrogen and oxygen atoms in total. The van der Waals surface area contributed by atoms with Crippen LogP contribution in [0.25, 0.3) is 0 Å². The number of carbonyl (C=O) groups excluding carboxylic acids is 2. The Kier molecular flexibility index (Phi) is 6.95. The van der Waals surface area contributed by atoms with Crippen molar-refractivity contribution in [3.05, 3.63) is 65.9 Å². The van der Waals surface area contributed by atoms with Crippen LogP contribution in [0.1, 0.15) is 32.3 Å². The van der Waals surface area contributed by atoms with E-state index < -0.39 is 0 Å². The number of esters is 1. The van der Waals surface area contributed by atoms with Gasteiger partial charge in [-0.25, -0.2) is 4.99 Å². The summed E-state index contributed by atoms with van der Waals surface area (Å²) >= 11 is 1.45. The molecule has 166 valence electrons. The highest BCUT2D eigenvalue weighted by Crippen LogP contribution is 2.34. The summed E-state index contributed by atoms with van der Waals surface area (Å²) < 4.78 is 5.12. The number of thioether (sulfide) groups is 1. The SMILES string of the molecule is CCOC(=O)CC1=CC(SC(CC)C(=O)N2CCc3ccccc32)=Nc2ccccc2N1. The molecular formula is C25H27N3O3S. The van der Waals surface area contributed by atoms with Crippen molar-refractivity contribution in [3.63, 3.8) is 0 Å². The summed E-state index contributed by atoms with van der Waals surface area (Å²) in [6.07, 6.45) is 3.53. The fraction of sp³-hybridized carbons (Fsp3) is 0.320. The molecule has 32 heavy (non-hydrogen) atoms. The molecule has 1 N–H and O–H groups in total. The van der Waals surface area contributed by atoms with E-state index in [2.05, 4.69) is 11.4 Å². The second-order valence-corrected chi connectivity index (χ2v) is 8.85. The first-order valence-corrected chi connectivity index (χ1v) is 11.8. The van der Waals surface area contributed by atoms with Gasteiger partial charge in [-0.3, -0.25) is 9.59 Å². The van der Waals surface area contributed by atoms with Crippen LogP contribution >= 0.6 is 11.8 Å². The molecule has 1 amide bonds. The lowest BCUT2D eigenvalue weighted by atomic mass is 10.2. The van der Waals surface area contributed by atoms with E-state index in [-0.39, 0.29) is 23.5 Å². The minimum Gasteiger partial charge on any atom is -0.466 e. The monoisotopic (exact) mass is 449 g/mol. The molecule has 0 spiro atoms. The maximum Gasteiger partial charge on any atom is 0.311 e. The molecule has 0 fully saturated rings. The third-order valence-electron chi connectivity index (χ3n) is 5.43. The largest absolute Gasteiger partial charge is 0.466 e. The van der Waals surface area contributed by atoms with Crippen LogP contribution in [0.2, 0.25) is 0 Å². The number of aliphatic imine (C=N–C) groups is 1. The molecule has 2 aliphatic rings. The van der Waals surface area contributed by atoms with Gasteiger partial charge in [-0.2, -0.15) is 0 Å². The van der Waals surface area contributed by atoms with Gasteiger partial charge in [-0.05, 0) is 49.6 Å². The molecule has 2 aliphatic heterocycles. The Bertz CT molecular complexity index is 1080. The van der Waals surface area contributed by atoms with Crippen molar-refractivity contribution in [1.82, 2.24) is 0 Å². The number of nitrogens with zero attached hydrogens (tertiary/aromatic N) is 2. The van der Waals surface area contributed by atoms with Gasteiger partial charge in [0.05, 0.1) is 34.7 Å². The van der Waals surface area contributed by atoms with E-state index in [4.69, 9.17) is 9.73 Å². The Balaban J connectivity index is 1.59. The van der Waals surface area contributed by atoms with Crippen LogP contribution < -0.4 is 10.2 Å². The van der Waals surface area contributed by atoms with Crippen molar-refractivity contribution >= 4 is 45.7 Å². The second kappa shape index (κ2) is 10.0. The molecule has 2 aromatic carbocycles. The molecule has 0 bridgehead atoms. The van der Waals surface area contributed by atoms with Gasteiger partial charge >= 0.3 is 5.97 Å². The smallest absolute Gasteiger partial charge is 0.311 e. The fourth-order valence-corrected chi connectivity index (χ4v) is 4.95. The van der Waals surface area contributed by atoms with Crippen LogP contribution in [-0.2, 0) is 20.7 Å². The van der Waals surface area contributed by atoms with E-state index in [1.54, 1.807) is 6.92 Å². The van der Waals surface area contributed by atoms with E-state index in [9.17, 15) is 9.59 Å². The number of carbonyl (C=O) groups is 2. The van der Waals surface area contributed by atoms with Crippen molar-refractivity contribution in [1.29, 1.82) is 0 Å². The van der Waals surface area contributed by atoms with Crippen molar-refractivity contribution in [2.75, 3.05) is 23.4 Å². The summed E-state index contributed by atoms with van der Waals surface area (Å²) in [7, 11) is 0. The number of benzene rings is 2. The molecule has 1 atom stereocenters. The zero-order valence-corrected chi connectivity index (χ0v) is 19.2. The van der Waals surface area contributed by atoms with Crippen LogP contribution in [0.15, 0.2) is 65.3 Å². The number of anilines is 2. The highest BCUT2D eigenvalue weighted by Gasteiger charge is 2.30. The lowest BCUT2D eigenvalue weighted by Gasteiger charge is -2.23. The number of nitrogens with one attached hydrogen (secondary N) is 1. The van der Waals surface area contributed by atoms with Gasteiger partial charge in [-0.15, -0.1) is 0 Å². The van der Waals surface area contributed by atoms with Crippen LogP contribution in [0.4, 0.5) is 17.1 Å². The Morgan fingerprint density at radius 2 is 1.94 bits per heavy atom. The topological polar surface area (TPSA) is 71.0 Å². The molecule has 4 rings (SSSR count). The number of ether oxygens (including phenoxy) is 1. The molecule has 0 saturated heterocycles. The molecular weight excluding hydrogens is 422 g/mol. The number of amides is 1. The summed E-state index contributed by atoms with van der Waals surface area (Å²) in [4.78, 5) is 32.2. The van der Waals surface area contributed by atoms with Crippen LogP contribution in [0.3, 0.4) is 0 Å². The summed E-state index contributed by atoms with van der Waals surface area (Å²) in [6, 6.07) is 15.8. The van der Waals surface area contributed by atoms with Crippen molar-refractivity contribution in [2.24, 2.45) is 4.99 Å². The van der Waals surface area contributed by atoms with Gasteiger partial charge in [0.25, 0.3) is 0 Å². The van der Waals surface area contributed by atoms with Gasteiger partial charge in [0.1, 0.15) is 0 Å². The van der Waals surface area contributed by atoms with Crippen LogP contribution in [0.5, 0.6) is 0 Å². The van der Waals surface area contributed by atoms with Crippen LogP contribution in [-0.4, -0.2) is 35.3 Å². The predicted octanol–water partition coefficient (Wildman–Crippen LogP) is 5.08. The maximum absolute atomic E-state index is 13.4. The first-order chi connectivity index (χ1) is 15.6. The van der Waals surface area contributed by atoms with Gasteiger partial charge in [0.15, 0.2) is 0 Å². The van der Waals surface area contributed by atoms with E-state index >= 15 is 0 Å². The molecule has 0 aliphatic carbocycles. The van der Waals surface area contributed by atoms with Gasteiger partial charge in [-0.1, -0.05) is 49.0 Å². The van der Waals surface area contributed by atoms with Crippen molar-refractivity contribution in [3.8, 4) is 0 Å². The van der Waals surface area contributed by atoms with Gasteiger partial charge in [0.2, 0.25) is 5.91 Å². The van der Waals surface area contributed by atoms with Gasteiger partial charge < -0.3 is 15.0 Å². The Morgan fingerprint density at radius 3 is 2.75 bits per heavy atom. The predicted molar refractivity (Wildman–Crippen MR) is 131 cm³/mol. The zero-order valence-electron chi connectivity index (χ0n) is 18.3. The van der Waals surface area contributed by atoms with Gasteiger partial charge in [0, 0.05) is 17.9 Å². The first kappa shape index (κ1) is 22.1. The van der Waals surface area contributed by atoms with E-state index in [1.807, 2.05) is 60.4 Å². The summed E-state index contributed by atoms with van der Waals surface area (Å²) in [5, 5.41) is 3.73. The molecule has 1 unspecified atom stereocenters. The third-order valence-corrected chi connectivity index (χ3v) is 6.70. The summed E-state index contributed by atoms with van der Waals surface area (Å²) in [5.74, 6) is -0.206. The van der Waals surface area contributed by atoms with E-state index in [1.165, 1.54) is 17.3 Å². The average molecular weight is 450 g/mol. The number of hydrogen-bond acceptors (Lipinski definition) is 6. The molecule has 2 aromatic rings. The molecule has 0 radical (unpaired) electrons. The minimum absolute atomic E-state index is 0.0935. The highest BCUT2D eigenvalue weighted by atomic mass is 32.2. The lowest BCUT2D eigenvalue weighted by molar-refractivity contribution is -0.142. The zero-order chi connectivity index (χ0) is 22.5. The highest BCUT2D eigenvalue weighted by molar-refractivity contribution is 8.15. The number of fused-ring (bicyclic) bond motifs is 2. The molecule has 2 heterocycles. The number of para-hydroxylation sites is 3. The van der Waals surface area contributed by atoms with Crippen molar-refractivity contribution < 1.29 is 14.3 Å². The molecule has 7 heteroatoms. The van der Waals surface area contributed by atoms with E-state index in [0.29, 0.717) is 30.3 Å². The normalized spacial score (nSPS) is 15.5. The average Bonchev–Trinajstić information content (AvgIpc) is 3.14. The number of hydrogen-bond donors (Lipinski definition) is 1. The minimum atomic E-state index is -0.299. The maximum atomic E-state index is 13.4. The third kappa shape index (κ3) is 4.88. The lowest BCUT2D eigenvalue weighted by Crippen LogP contribution is -2.36. The van der Waals surface area contributed by atoms with Crippen LogP contribution in [0, 0.1) is 0 Å².